The van der Waals surface area contributed by atoms with Crippen molar-refractivity contribution in [3.8, 4) is 5.75 Å². The van der Waals surface area contributed by atoms with E-state index in [0.717, 1.165) is 11.1 Å². The van der Waals surface area contributed by atoms with Crippen molar-refractivity contribution in [3.05, 3.63) is 49.6 Å². The van der Waals surface area contributed by atoms with Gasteiger partial charge in [0.05, 0.1) is 12.0 Å². The smallest absolute Gasteiger partial charge is 0.330 e. The second-order valence-corrected chi connectivity index (χ2v) is 7.41. The number of hydrogen-bond donors (Lipinski definition) is 2. The Morgan fingerprint density at radius 3 is 2.48 bits per heavy atom. The molecule has 0 aliphatic rings. The van der Waals surface area contributed by atoms with Crippen molar-refractivity contribution in [2.45, 2.75) is 19.9 Å². The molecule has 2 rings (SSSR count). The van der Waals surface area contributed by atoms with Crippen LogP contribution in [0, 0.1) is 13.8 Å². The lowest BCUT2D eigenvalue weighted by Crippen LogP contribution is -2.33. The molecule has 0 bridgehead atoms. The number of carboxylic acids is 1. The molecule has 1 amide bonds. The molecule has 0 saturated heterocycles. The Bertz CT molecular complexity index is 757. The van der Waals surface area contributed by atoms with E-state index in [1.54, 1.807) is 18.2 Å². The number of rotatable bonds is 5. The zero-order valence-electron chi connectivity index (χ0n) is 12.8. The number of thiophene rings is 1. The van der Waals surface area contributed by atoms with Crippen LogP contribution in [0.2, 0.25) is 0 Å². The Hall–Kier alpha value is -1.86. The predicted octanol–water partition coefficient (Wildman–Crippen LogP) is 3.69. The molecular weight excluding hydrogens is 382 g/mol. The highest BCUT2D eigenvalue weighted by molar-refractivity contribution is 9.11. The normalized spacial score (nSPS) is 11.8. The van der Waals surface area contributed by atoms with Crippen LogP contribution in [0.15, 0.2) is 28.1 Å². The number of benzene rings is 1. The van der Waals surface area contributed by atoms with Crippen molar-refractivity contribution in [1.82, 2.24) is 5.32 Å². The van der Waals surface area contributed by atoms with Crippen molar-refractivity contribution in [2.24, 2.45) is 0 Å². The highest BCUT2D eigenvalue weighted by Gasteiger charge is 2.24. The average molecular weight is 398 g/mol. The van der Waals surface area contributed by atoms with Gasteiger partial charge in [-0.15, -0.1) is 11.3 Å². The number of ether oxygens (including phenoxy) is 1. The third kappa shape index (κ3) is 3.92. The number of nitrogens with one attached hydrogen (secondary N) is 1. The van der Waals surface area contributed by atoms with Gasteiger partial charge in [-0.1, -0.05) is 18.2 Å². The molecule has 0 radical (unpaired) electrons. The van der Waals surface area contributed by atoms with Gasteiger partial charge in [0.1, 0.15) is 9.54 Å². The molecule has 0 aliphatic heterocycles. The summed E-state index contributed by atoms with van der Waals surface area (Å²) >= 11 is 4.49. The fourth-order valence-corrected chi connectivity index (χ4v) is 3.59. The van der Waals surface area contributed by atoms with E-state index < -0.39 is 17.9 Å². The number of aryl methyl sites for hydroxylation is 2. The number of methoxy groups -OCH3 is 1. The van der Waals surface area contributed by atoms with E-state index in [4.69, 9.17) is 4.74 Å². The predicted molar refractivity (Wildman–Crippen MR) is 92.3 cm³/mol. The van der Waals surface area contributed by atoms with Gasteiger partial charge in [0.2, 0.25) is 0 Å². The van der Waals surface area contributed by atoms with Crippen LogP contribution >= 0.6 is 27.3 Å². The minimum Gasteiger partial charge on any atom is -0.495 e. The molecular formula is C16H16BrNO4S. The molecule has 1 aromatic heterocycles. The van der Waals surface area contributed by atoms with Gasteiger partial charge in [0.15, 0.2) is 6.04 Å². The number of halogens is 1. The number of carbonyl (C=O) groups is 2. The summed E-state index contributed by atoms with van der Waals surface area (Å²) in [7, 11) is 1.50. The van der Waals surface area contributed by atoms with Crippen LogP contribution in [0.1, 0.15) is 32.4 Å². The van der Waals surface area contributed by atoms with Crippen LogP contribution in [0.5, 0.6) is 5.75 Å². The number of amides is 1. The van der Waals surface area contributed by atoms with Crippen LogP contribution in [0.3, 0.4) is 0 Å². The second kappa shape index (κ2) is 7.14. The Kier molecular flexibility index (Phi) is 5.43. The number of aliphatic carboxylic acids is 1. The van der Waals surface area contributed by atoms with E-state index in [0.29, 0.717) is 20.0 Å². The third-order valence-corrected chi connectivity index (χ3v) is 5.27. The van der Waals surface area contributed by atoms with E-state index in [2.05, 4.69) is 21.2 Å². The first kappa shape index (κ1) is 17.5. The lowest BCUT2D eigenvalue weighted by Gasteiger charge is -2.15. The summed E-state index contributed by atoms with van der Waals surface area (Å²) in [5.74, 6) is -1.02. The van der Waals surface area contributed by atoms with Crippen LogP contribution in [-0.2, 0) is 4.79 Å². The first-order valence-corrected chi connectivity index (χ1v) is 8.38. The SMILES string of the molecule is COc1cc(C(=O)NC(C(=O)O)c2ccc(C)c(C)c2)sc1Br. The van der Waals surface area contributed by atoms with Gasteiger partial charge >= 0.3 is 5.97 Å². The Labute approximate surface area is 146 Å². The Balaban J connectivity index is 2.26. The van der Waals surface area contributed by atoms with E-state index in [9.17, 15) is 14.7 Å². The lowest BCUT2D eigenvalue weighted by atomic mass is 10.0. The maximum Gasteiger partial charge on any atom is 0.330 e. The summed E-state index contributed by atoms with van der Waals surface area (Å²) in [6, 6.07) is 5.81. The Morgan fingerprint density at radius 2 is 1.96 bits per heavy atom. The zero-order valence-corrected chi connectivity index (χ0v) is 15.2. The number of carbonyl (C=O) groups excluding carboxylic acids is 1. The number of carboxylic acid groups (broad SMARTS) is 1. The first-order valence-electron chi connectivity index (χ1n) is 6.77. The van der Waals surface area contributed by atoms with Crippen molar-refractivity contribution in [2.75, 3.05) is 7.11 Å². The maximum absolute atomic E-state index is 12.3. The molecule has 2 aromatic rings. The highest BCUT2D eigenvalue weighted by atomic mass is 79.9. The molecule has 23 heavy (non-hydrogen) atoms. The van der Waals surface area contributed by atoms with Crippen LogP contribution < -0.4 is 10.1 Å². The topological polar surface area (TPSA) is 75.6 Å². The summed E-state index contributed by atoms with van der Waals surface area (Å²) < 4.78 is 5.79. The van der Waals surface area contributed by atoms with E-state index in [1.807, 2.05) is 19.9 Å². The van der Waals surface area contributed by atoms with E-state index in [1.165, 1.54) is 18.4 Å². The third-order valence-electron chi connectivity index (χ3n) is 3.49. The van der Waals surface area contributed by atoms with Gasteiger partial charge in [0, 0.05) is 6.07 Å². The van der Waals surface area contributed by atoms with E-state index in [-0.39, 0.29) is 0 Å². The molecule has 1 heterocycles. The monoisotopic (exact) mass is 397 g/mol. The molecule has 122 valence electrons. The second-order valence-electron chi connectivity index (χ2n) is 5.04. The molecule has 2 N–H and O–H groups in total. The van der Waals surface area contributed by atoms with Gasteiger partial charge in [0.25, 0.3) is 5.91 Å². The molecule has 1 unspecified atom stereocenters. The zero-order chi connectivity index (χ0) is 17.1. The largest absolute Gasteiger partial charge is 0.495 e. The molecule has 0 saturated carbocycles. The van der Waals surface area contributed by atoms with Crippen molar-refractivity contribution in [3.63, 3.8) is 0 Å². The highest BCUT2D eigenvalue weighted by Crippen LogP contribution is 2.34. The van der Waals surface area contributed by atoms with Crippen LogP contribution in [0.4, 0.5) is 0 Å². The van der Waals surface area contributed by atoms with Gasteiger partial charge in [-0.3, -0.25) is 4.79 Å². The van der Waals surface area contributed by atoms with Crippen molar-refractivity contribution in [1.29, 1.82) is 0 Å². The molecule has 0 aliphatic carbocycles. The first-order chi connectivity index (χ1) is 10.8. The molecule has 0 fully saturated rings. The quantitative estimate of drug-likeness (QED) is 0.806. The molecule has 5 nitrogen and oxygen atoms in total. The summed E-state index contributed by atoms with van der Waals surface area (Å²) in [6.45, 7) is 3.85. The van der Waals surface area contributed by atoms with Crippen LogP contribution in [0.25, 0.3) is 0 Å². The number of hydrogen-bond acceptors (Lipinski definition) is 4. The molecule has 1 atom stereocenters. The van der Waals surface area contributed by atoms with Crippen LogP contribution in [-0.4, -0.2) is 24.1 Å². The lowest BCUT2D eigenvalue weighted by molar-refractivity contribution is -0.139. The summed E-state index contributed by atoms with van der Waals surface area (Å²) in [4.78, 5) is 24.3. The summed E-state index contributed by atoms with van der Waals surface area (Å²) in [6.07, 6.45) is 0. The van der Waals surface area contributed by atoms with Crippen molar-refractivity contribution >= 4 is 39.1 Å². The standard InChI is InChI=1S/C16H16BrNO4S/c1-8-4-5-10(6-9(8)2)13(16(20)21)18-15(19)12-7-11(22-3)14(17)23-12/h4-7,13H,1-3H3,(H,18,19)(H,20,21). The fourth-order valence-electron chi connectivity index (χ4n) is 2.04. The average Bonchev–Trinajstić information content (AvgIpc) is 2.88. The van der Waals surface area contributed by atoms with Gasteiger partial charge in [-0.25, -0.2) is 4.79 Å². The van der Waals surface area contributed by atoms with Crippen molar-refractivity contribution < 1.29 is 19.4 Å². The summed E-state index contributed by atoms with van der Waals surface area (Å²) in [5, 5.41) is 12.0. The Morgan fingerprint density at radius 1 is 1.26 bits per heavy atom. The summed E-state index contributed by atoms with van der Waals surface area (Å²) in [5.41, 5.74) is 2.58. The molecule has 1 aromatic carbocycles. The van der Waals surface area contributed by atoms with Gasteiger partial charge in [-0.05, 0) is 46.5 Å². The van der Waals surface area contributed by atoms with Gasteiger partial charge < -0.3 is 15.2 Å². The molecule has 7 heteroatoms. The van der Waals surface area contributed by atoms with Gasteiger partial charge in [-0.2, -0.15) is 0 Å². The maximum atomic E-state index is 12.3. The minimum atomic E-state index is -1.11. The minimum absolute atomic E-state index is 0.379. The fraction of sp³-hybridized carbons (Fsp3) is 0.250. The van der Waals surface area contributed by atoms with E-state index >= 15 is 0 Å². The molecule has 0 spiro atoms.